The van der Waals surface area contributed by atoms with Gasteiger partial charge in [0.05, 0.1) is 11.3 Å². The van der Waals surface area contributed by atoms with Gasteiger partial charge in [0, 0.05) is 24.4 Å². The summed E-state index contributed by atoms with van der Waals surface area (Å²) < 4.78 is 40.3. The molecule has 1 N–H and O–H groups in total. The molecule has 7 heteroatoms. The number of likely N-dealkylation sites (N-methyl/N-ethyl adjacent to an activating group) is 1. The number of carbonyl (C=O) groups is 2. The summed E-state index contributed by atoms with van der Waals surface area (Å²) in [5.74, 6) is 0.766. The van der Waals surface area contributed by atoms with Gasteiger partial charge in [0.25, 0.3) is 0 Å². The third-order valence-corrected chi connectivity index (χ3v) is 9.93. The number of alkyl halides is 3. The molecule has 0 radical (unpaired) electrons. The Bertz CT molecular complexity index is 1040. The number of carbonyl (C=O) groups excluding carboxylic acids is 2. The molecule has 0 bridgehead atoms. The van der Waals surface area contributed by atoms with Crippen LogP contribution in [-0.4, -0.2) is 29.8 Å². The van der Waals surface area contributed by atoms with Crippen LogP contribution < -0.4 is 5.32 Å². The number of benzene rings is 1. The Kier molecular flexibility index (Phi) is 5.41. The molecule has 3 aliphatic carbocycles. The number of halogens is 3. The average Bonchev–Trinajstić information content (AvgIpc) is 3.13. The zero-order valence-corrected chi connectivity index (χ0v) is 20.0. The van der Waals surface area contributed by atoms with Crippen LogP contribution in [0.15, 0.2) is 36.4 Å². The summed E-state index contributed by atoms with van der Waals surface area (Å²) in [7, 11) is 1.90. The smallest absolute Gasteiger partial charge is 0.338 e. The van der Waals surface area contributed by atoms with E-state index in [9.17, 15) is 22.8 Å². The quantitative estimate of drug-likeness (QED) is 0.580. The fraction of sp³-hybridized carbons (Fsp3) is 0.630. The molecule has 3 fully saturated rings. The summed E-state index contributed by atoms with van der Waals surface area (Å²) in [6.45, 7) is 4.46. The van der Waals surface area contributed by atoms with Gasteiger partial charge in [0.1, 0.15) is 0 Å². The Morgan fingerprint density at radius 1 is 1.06 bits per heavy atom. The molecular formula is C27H33F3N2O2. The average molecular weight is 475 g/mol. The monoisotopic (exact) mass is 474 g/mol. The number of amides is 2. The van der Waals surface area contributed by atoms with Crippen molar-refractivity contribution in [2.45, 2.75) is 64.6 Å². The predicted molar refractivity (Wildman–Crippen MR) is 124 cm³/mol. The van der Waals surface area contributed by atoms with Crippen LogP contribution in [0, 0.1) is 34.5 Å². The molecule has 34 heavy (non-hydrogen) atoms. The first-order chi connectivity index (χ1) is 16.0. The summed E-state index contributed by atoms with van der Waals surface area (Å²) in [5, 5.41) is 2.64. The topological polar surface area (TPSA) is 49.4 Å². The lowest BCUT2D eigenvalue weighted by Crippen LogP contribution is -2.59. The molecule has 1 aliphatic heterocycles. The molecule has 0 saturated heterocycles. The van der Waals surface area contributed by atoms with Gasteiger partial charge in [-0.05, 0) is 79.9 Å². The first-order valence-electron chi connectivity index (χ1n) is 12.4. The van der Waals surface area contributed by atoms with Crippen LogP contribution in [0.2, 0.25) is 0 Å². The van der Waals surface area contributed by atoms with Crippen LogP contribution in [-0.2, 0) is 15.8 Å². The summed E-state index contributed by atoms with van der Waals surface area (Å²) in [6, 6.07) is 5.41. The summed E-state index contributed by atoms with van der Waals surface area (Å²) in [4.78, 5) is 27.5. The van der Waals surface area contributed by atoms with Crippen molar-refractivity contribution >= 4 is 17.5 Å². The number of hydrogen-bond acceptors (Lipinski definition) is 2. The van der Waals surface area contributed by atoms with Gasteiger partial charge in [-0.2, -0.15) is 13.2 Å². The Morgan fingerprint density at radius 3 is 2.53 bits per heavy atom. The minimum Gasteiger partial charge on any atom is -0.338 e. The van der Waals surface area contributed by atoms with E-state index in [1.54, 1.807) is 6.08 Å². The molecule has 0 aromatic heterocycles. The van der Waals surface area contributed by atoms with Crippen LogP contribution in [0.5, 0.6) is 0 Å². The van der Waals surface area contributed by atoms with Gasteiger partial charge in [-0.1, -0.05) is 32.1 Å². The predicted octanol–water partition coefficient (Wildman–Crippen LogP) is 5.90. The number of rotatable bonds is 2. The maximum atomic E-state index is 13.4. The highest BCUT2D eigenvalue weighted by Gasteiger charge is 2.61. The van der Waals surface area contributed by atoms with Gasteiger partial charge >= 0.3 is 6.18 Å². The number of anilines is 1. The van der Waals surface area contributed by atoms with Gasteiger partial charge in [0.15, 0.2) is 0 Å². The number of hydrogen-bond donors (Lipinski definition) is 1. The molecular weight excluding hydrogens is 441 g/mol. The molecule has 2 amide bonds. The van der Waals surface area contributed by atoms with Gasteiger partial charge < -0.3 is 10.2 Å². The lowest BCUT2D eigenvalue weighted by atomic mass is 9.47. The highest BCUT2D eigenvalue weighted by atomic mass is 19.4. The zero-order chi connectivity index (χ0) is 24.5. The number of para-hydroxylation sites is 1. The van der Waals surface area contributed by atoms with E-state index in [0.29, 0.717) is 24.2 Å². The molecule has 0 spiro atoms. The van der Waals surface area contributed by atoms with Crippen molar-refractivity contribution < 1.29 is 22.8 Å². The van der Waals surface area contributed by atoms with Gasteiger partial charge in [-0.3, -0.25) is 9.59 Å². The van der Waals surface area contributed by atoms with E-state index in [1.165, 1.54) is 18.2 Å². The van der Waals surface area contributed by atoms with Crippen LogP contribution >= 0.6 is 0 Å². The van der Waals surface area contributed by atoms with Crippen molar-refractivity contribution in [3.05, 3.63) is 42.0 Å². The minimum atomic E-state index is -4.51. The maximum Gasteiger partial charge on any atom is 0.418 e. The highest BCUT2D eigenvalue weighted by Crippen LogP contribution is 2.65. The van der Waals surface area contributed by atoms with Crippen LogP contribution in [0.1, 0.15) is 57.9 Å². The molecule has 4 aliphatic rings. The van der Waals surface area contributed by atoms with Crippen molar-refractivity contribution in [2.24, 2.45) is 34.5 Å². The van der Waals surface area contributed by atoms with Crippen LogP contribution in [0.3, 0.4) is 0 Å². The van der Waals surface area contributed by atoms with E-state index in [4.69, 9.17) is 0 Å². The fourth-order valence-corrected chi connectivity index (χ4v) is 8.23. The van der Waals surface area contributed by atoms with Crippen LogP contribution in [0.4, 0.5) is 18.9 Å². The third-order valence-electron chi connectivity index (χ3n) is 9.93. The Hall–Kier alpha value is -2.31. The number of fused-ring (bicyclic) bond motifs is 5. The molecule has 1 aromatic carbocycles. The lowest BCUT2D eigenvalue weighted by Gasteiger charge is -2.60. The van der Waals surface area contributed by atoms with Crippen molar-refractivity contribution in [1.29, 1.82) is 0 Å². The second-order valence-corrected chi connectivity index (χ2v) is 11.3. The summed E-state index contributed by atoms with van der Waals surface area (Å²) >= 11 is 0. The van der Waals surface area contributed by atoms with E-state index < -0.39 is 11.7 Å². The highest BCUT2D eigenvalue weighted by molar-refractivity contribution is 5.94. The van der Waals surface area contributed by atoms with Gasteiger partial charge in [0.2, 0.25) is 11.8 Å². The van der Waals surface area contributed by atoms with E-state index in [0.717, 1.165) is 38.2 Å². The minimum absolute atomic E-state index is 0.0679. The van der Waals surface area contributed by atoms with E-state index in [1.807, 2.05) is 11.9 Å². The lowest BCUT2D eigenvalue weighted by molar-refractivity contribution is -0.141. The molecule has 1 unspecified atom stereocenters. The molecule has 3 saturated carbocycles. The molecule has 7 atom stereocenters. The van der Waals surface area contributed by atoms with Crippen molar-refractivity contribution in [3.63, 3.8) is 0 Å². The summed E-state index contributed by atoms with van der Waals surface area (Å²) in [5.41, 5.74) is -1.25. The molecule has 5 rings (SSSR count). The Balaban J connectivity index is 1.38. The molecule has 184 valence electrons. The van der Waals surface area contributed by atoms with Gasteiger partial charge in [-0.15, -0.1) is 0 Å². The summed E-state index contributed by atoms with van der Waals surface area (Å²) in [6.07, 6.45) is 4.80. The van der Waals surface area contributed by atoms with Crippen LogP contribution in [0.25, 0.3) is 0 Å². The van der Waals surface area contributed by atoms with Gasteiger partial charge in [-0.25, -0.2) is 0 Å². The first-order valence-corrected chi connectivity index (χ1v) is 12.4. The van der Waals surface area contributed by atoms with Crippen molar-refractivity contribution in [2.75, 3.05) is 12.4 Å². The molecule has 4 nitrogen and oxygen atoms in total. The van der Waals surface area contributed by atoms with Crippen molar-refractivity contribution in [1.82, 2.24) is 4.90 Å². The second-order valence-electron chi connectivity index (χ2n) is 11.3. The first kappa shape index (κ1) is 23.4. The number of nitrogens with one attached hydrogen (secondary N) is 1. The standard InChI is InChI=1S/C27H33F3N2O2/c1-25-14-12-18-16(8-11-22-26(18,2)15-13-23(33)32(22)3)17(25)9-10-20(25)24(34)31-21-7-5-4-6-19(21)27(28,29)30/h4-7,13,15-18,20,22H,8-12,14H2,1-3H3,(H,31,34)/t16-,17-,18-,20+,22?,25-,26+/m0/s1. The normalized spacial score (nSPS) is 39.3. The molecule has 1 heterocycles. The SMILES string of the molecule is CN1C(=O)C=C[C@@]2(C)C1CC[C@H]1[C@@H]3CC[C@H](C(=O)Nc4ccccc4C(F)(F)F)[C@@]3(C)CC[C@@H]12. The second kappa shape index (κ2) is 7.85. The number of nitrogens with zero attached hydrogens (tertiary/aromatic N) is 1. The molecule has 1 aromatic rings. The van der Waals surface area contributed by atoms with E-state index in [-0.39, 0.29) is 40.3 Å². The maximum absolute atomic E-state index is 13.4. The fourth-order valence-electron chi connectivity index (χ4n) is 8.23. The van der Waals surface area contributed by atoms with E-state index in [2.05, 4.69) is 25.2 Å². The van der Waals surface area contributed by atoms with Crippen molar-refractivity contribution in [3.8, 4) is 0 Å². The van der Waals surface area contributed by atoms with E-state index >= 15 is 0 Å². The largest absolute Gasteiger partial charge is 0.418 e. The Labute approximate surface area is 199 Å². The zero-order valence-electron chi connectivity index (χ0n) is 20.0. The third kappa shape index (κ3) is 3.41. The Morgan fingerprint density at radius 2 is 1.79 bits per heavy atom.